The highest BCUT2D eigenvalue weighted by atomic mass is 127. The number of aromatic carboxylic acids is 1. The molecule has 2 aromatic rings. The third kappa shape index (κ3) is 3.82. The summed E-state index contributed by atoms with van der Waals surface area (Å²) in [6, 6.07) is 10.2. The fraction of sp³-hybridized carbons (Fsp3) is 0.0667. The number of anilines is 1. The number of carboxylic acids is 1. The summed E-state index contributed by atoms with van der Waals surface area (Å²) in [5.74, 6) is -1.29. The summed E-state index contributed by atoms with van der Waals surface area (Å²) in [5, 5.41) is 11.8. The molecule has 0 radical (unpaired) electrons. The van der Waals surface area contributed by atoms with E-state index in [0.29, 0.717) is 16.8 Å². The zero-order valence-electron chi connectivity index (χ0n) is 11.0. The fourth-order valence-electron chi connectivity index (χ4n) is 1.80. The number of hydrogen-bond donors (Lipinski definition) is 2. The minimum atomic E-state index is -1.01. The van der Waals surface area contributed by atoms with Crippen molar-refractivity contribution in [3.8, 4) is 0 Å². The number of carbonyl (C=O) groups is 2. The smallest absolute Gasteiger partial charge is 0.336 e. The van der Waals surface area contributed by atoms with Gasteiger partial charge in [-0.3, -0.25) is 4.79 Å². The molecule has 0 unspecified atom stereocenters. The van der Waals surface area contributed by atoms with Crippen molar-refractivity contribution in [2.24, 2.45) is 0 Å². The summed E-state index contributed by atoms with van der Waals surface area (Å²) < 4.78 is 1.63. The van der Waals surface area contributed by atoms with Gasteiger partial charge in [-0.1, -0.05) is 22.0 Å². The molecule has 0 fully saturated rings. The molecule has 6 heteroatoms. The van der Waals surface area contributed by atoms with Crippen molar-refractivity contribution < 1.29 is 14.7 Å². The van der Waals surface area contributed by atoms with Gasteiger partial charge in [0, 0.05) is 13.7 Å². The molecule has 0 aliphatic heterocycles. The molecule has 0 aliphatic rings. The average Bonchev–Trinajstić information content (AvgIpc) is 2.43. The molecule has 0 spiro atoms. The summed E-state index contributed by atoms with van der Waals surface area (Å²) in [5.41, 5.74) is 1.82. The number of carbonyl (C=O) groups excluding carboxylic acids is 1. The van der Waals surface area contributed by atoms with Crippen molar-refractivity contribution in [2.45, 2.75) is 6.92 Å². The molecule has 0 heterocycles. The summed E-state index contributed by atoms with van der Waals surface area (Å²) in [4.78, 5) is 23.4. The Kier molecular flexibility index (Phi) is 5.00. The third-order valence-corrected chi connectivity index (χ3v) is 4.33. The van der Waals surface area contributed by atoms with Gasteiger partial charge < -0.3 is 10.4 Å². The molecular formula is C15H11BrINO3. The van der Waals surface area contributed by atoms with Crippen LogP contribution in [0.1, 0.15) is 26.3 Å². The second-order valence-electron chi connectivity index (χ2n) is 4.41. The SMILES string of the molecule is Cc1ccc(NC(=O)c2cc(Br)ccc2I)cc1C(=O)O. The number of aryl methyl sites for hydroxylation is 1. The van der Waals surface area contributed by atoms with Gasteiger partial charge in [0.05, 0.1) is 11.1 Å². The first kappa shape index (κ1) is 16.0. The predicted molar refractivity (Wildman–Crippen MR) is 93.0 cm³/mol. The number of hydrogen-bond acceptors (Lipinski definition) is 2. The van der Waals surface area contributed by atoms with Gasteiger partial charge in [0.2, 0.25) is 0 Å². The van der Waals surface area contributed by atoms with Crippen LogP contribution in [0.25, 0.3) is 0 Å². The first-order chi connectivity index (χ1) is 9.88. The van der Waals surface area contributed by atoms with Gasteiger partial charge in [0.25, 0.3) is 5.91 Å². The molecule has 0 saturated heterocycles. The minimum absolute atomic E-state index is 0.178. The van der Waals surface area contributed by atoms with Gasteiger partial charge in [-0.2, -0.15) is 0 Å². The Morgan fingerprint density at radius 1 is 1.14 bits per heavy atom. The molecule has 0 saturated carbocycles. The van der Waals surface area contributed by atoms with Crippen molar-refractivity contribution in [1.29, 1.82) is 0 Å². The van der Waals surface area contributed by atoms with Gasteiger partial charge in [0.15, 0.2) is 0 Å². The third-order valence-electron chi connectivity index (χ3n) is 2.90. The van der Waals surface area contributed by atoms with Crippen molar-refractivity contribution in [3.63, 3.8) is 0 Å². The average molecular weight is 460 g/mol. The maximum absolute atomic E-state index is 12.3. The first-order valence-corrected chi connectivity index (χ1v) is 7.86. The molecule has 2 rings (SSSR count). The Hall–Kier alpha value is -1.41. The fourth-order valence-corrected chi connectivity index (χ4v) is 2.74. The number of benzene rings is 2. The molecule has 0 atom stereocenters. The highest BCUT2D eigenvalue weighted by Gasteiger charge is 2.13. The van der Waals surface area contributed by atoms with Gasteiger partial charge in [-0.05, 0) is 65.4 Å². The van der Waals surface area contributed by atoms with Crippen LogP contribution in [0.4, 0.5) is 5.69 Å². The molecular weight excluding hydrogens is 449 g/mol. The van der Waals surface area contributed by atoms with Crippen LogP contribution < -0.4 is 5.32 Å². The van der Waals surface area contributed by atoms with Crippen molar-refractivity contribution in [2.75, 3.05) is 5.32 Å². The molecule has 0 aromatic heterocycles. The Morgan fingerprint density at radius 3 is 2.52 bits per heavy atom. The quantitative estimate of drug-likeness (QED) is 0.672. The van der Waals surface area contributed by atoms with Gasteiger partial charge in [-0.15, -0.1) is 0 Å². The van der Waals surface area contributed by atoms with Gasteiger partial charge in [0.1, 0.15) is 0 Å². The standard InChI is InChI=1S/C15H11BrINO3/c1-8-2-4-10(7-11(8)15(20)21)18-14(19)12-6-9(16)3-5-13(12)17/h2-7H,1H3,(H,18,19)(H,20,21). The molecule has 21 heavy (non-hydrogen) atoms. The lowest BCUT2D eigenvalue weighted by atomic mass is 10.1. The maximum atomic E-state index is 12.3. The lowest BCUT2D eigenvalue weighted by Gasteiger charge is -2.09. The van der Waals surface area contributed by atoms with Crippen molar-refractivity contribution in [3.05, 3.63) is 61.1 Å². The van der Waals surface area contributed by atoms with E-state index in [9.17, 15) is 9.59 Å². The highest BCUT2D eigenvalue weighted by Crippen LogP contribution is 2.21. The summed E-state index contributed by atoms with van der Waals surface area (Å²) in [6.07, 6.45) is 0. The molecule has 4 nitrogen and oxygen atoms in total. The van der Waals surface area contributed by atoms with Crippen molar-refractivity contribution in [1.82, 2.24) is 0 Å². The van der Waals surface area contributed by atoms with Crippen LogP contribution >= 0.6 is 38.5 Å². The lowest BCUT2D eigenvalue weighted by molar-refractivity contribution is 0.0695. The van der Waals surface area contributed by atoms with E-state index in [-0.39, 0.29) is 11.5 Å². The highest BCUT2D eigenvalue weighted by molar-refractivity contribution is 14.1. The van der Waals surface area contributed by atoms with Crippen LogP contribution in [0.2, 0.25) is 0 Å². The lowest BCUT2D eigenvalue weighted by Crippen LogP contribution is -2.14. The monoisotopic (exact) mass is 459 g/mol. The summed E-state index contributed by atoms with van der Waals surface area (Å²) in [6.45, 7) is 1.71. The van der Waals surface area contributed by atoms with E-state index in [1.54, 1.807) is 25.1 Å². The topological polar surface area (TPSA) is 66.4 Å². The molecule has 0 bridgehead atoms. The number of nitrogens with one attached hydrogen (secondary N) is 1. The van der Waals surface area contributed by atoms with Crippen molar-refractivity contribution >= 4 is 56.1 Å². The zero-order chi connectivity index (χ0) is 15.6. The van der Waals surface area contributed by atoms with Crippen LogP contribution in [0.5, 0.6) is 0 Å². The van der Waals surface area contributed by atoms with E-state index in [0.717, 1.165) is 8.04 Å². The number of amides is 1. The van der Waals surface area contributed by atoms with E-state index < -0.39 is 5.97 Å². The molecule has 2 aromatic carbocycles. The van der Waals surface area contributed by atoms with Crippen LogP contribution in [0.3, 0.4) is 0 Å². The molecule has 1 amide bonds. The number of carboxylic acid groups (broad SMARTS) is 1. The van der Waals surface area contributed by atoms with E-state index in [1.807, 2.05) is 12.1 Å². The second kappa shape index (κ2) is 6.57. The molecule has 108 valence electrons. The Balaban J connectivity index is 2.29. The zero-order valence-corrected chi connectivity index (χ0v) is 14.7. The summed E-state index contributed by atoms with van der Waals surface area (Å²) >= 11 is 5.41. The molecule has 2 N–H and O–H groups in total. The number of rotatable bonds is 3. The Labute approximate surface area is 143 Å². The van der Waals surface area contributed by atoms with E-state index in [2.05, 4.69) is 43.8 Å². The Bertz CT molecular complexity index is 731. The van der Waals surface area contributed by atoms with Crippen LogP contribution in [-0.2, 0) is 0 Å². The predicted octanol–water partition coefficient (Wildman–Crippen LogP) is 4.31. The van der Waals surface area contributed by atoms with Crippen LogP contribution in [-0.4, -0.2) is 17.0 Å². The largest absolute Gasteiger partial charge is 0.478 e. The number of halogens is 2. The molecule has 0 aliphatic carbocycles. The minimum Gasteiger partial charge on any atom is -0.478 e. The first-order valence-electron chi connectivity index (χ1n) is 5.99. The van der Waals surface area contributed by atoms with E-state index in [4.69, 9.17) is 5.11 Å². The Morgan fingerprint density at radius 2 is 1.86 bits per heavy atom. The van der Waals surface area contributed by atoms with Gasteiger partial charge >= 0.3 is 5.97 Å². The van der Waals surface area contributed by atoms with E-state index >= 15 is 0 Å². The van der Waals surface area contributed by atoms with Crippen LogP contribution in [0.15, 0.2) is 40.9 Å². The maximum Gasteiger partial charge on any atom is 0.336 e. The van der Waals surface area contributed by atoms with Gasteiger partial charge in [-0.25, -0.2) is 4.79 Å². The van der Waals surface area contributed by atoms with Crippen LogP contribution in [0, 0.1) is 10.5 Å². The normalized spacial score (nSPS) is 10.2. The second-order valence-corrected chi connectivity index (χ2v) is 6.49. The summed E-state index contributed by atoms with van der Waals surface area (Å²) in [7, 11) is 0. The van der Waals surface area contributed by atoms with E-state index in [1.165, 1.54) is 6.07 Å².